The van der Waals surface area contributed by atoms with Crippen LogP contribution < -0.4 is 10.1 Å². The van der Waals surface area contributed by atoms with Crippen LogP contribution in [0.4, 0.5) is 5.69 Å². The predicted octanol–water partition coefficient (Wildman–Crippen LogP) is 3.07. The Hall–Kier alpha value is -2.93. The van der Waals surface area contributed by atoms with E-state index < -0.39 is 10.8 Å². The number of nitro groups is 1. The Kier molecular flexibility index (Phi) is 6.47. The van der Waals surface area contributed by atoms with E-state index in [2.05, 4.69) is 5.32 Å². The Morgan fingerprint density at radius 3 is 2.56 bits per heavy atom. The van der Waals surface area contributed by atoms with Crippen molar-refractivity contribution in [2.45, 2.75) is 20.1 Å². The highest BCUT2D eigenvalue weighted by molar-refractivity contribution is 5.95. The molecule has 0 unspecified atom stereocenters. The highest BCUT2D eigenvalue weighted by Gasteiger charge is 2.18. The van der Waals surface area contributed by atoms with Gasteiger partial charge in [0.05, 0.1) is 18.1 Å². The molecule has 0 aromatic heterocycles. The summed E-state index contributed by atoms with van der Waals surface area (Å²) in [4.78, 5) is 22.9. The van der Waals surface area contributed by atoms with Crippen molar-refractivity contribution in [2.75, 3.05) is 13.7 Å². The third-order valence-electron chi connectivity index (χ3n) is 3.58. The highest BCUT2D eigenvalue weighted by atomic mass is 16.6. The van der Waals surface area contributed by atoms with Gasteiger partial charge < -0.3 is 14.8 Å². The van der Waals surface area contributed by atoms with Crippen LogP contribution in [-0.2, 0) is 17.9 Å². The number of carbonyl (C=O) groups is 1. The fourth-order valence-corrected chi connectivity index (χ4v) is 2.38. The van der Waals surface area contributed by atoms with Gasteiger partial charge in [-0.3, -0.25) is 14.9 Å². The molecule has 0 aliphatic carbocycles. The average Bonchev–Trinajstić information content (AvgIpc) is 2.61. The Morgan fingerprint density at radius 1 is 1.20 bits per heavy atom. The molecule has 132 valence electrons. The van der Waals surface area contributed by atoms with E-state index in [1.807, 2.05) is 24.3 Å². The molecule has 1 amide bonds. The Labute approximate surface area is 145 Å². The zero-order valence-electron chi connectivity index (χ0n) is 14.2. The largest absolute Gasteiger partial charge is 0.487 e. The van der Waals surface area contributed by atoms with E-state index in [0.717, 1.165) is 11.1 Å². The molecule has 0 spiro atoms. The van der Waals surface area contributed by atoms with Crippen LogP contribution >= 0.6 is 0 Å². The second-order valence-electron chi connectivity index (χ2n) is 5.26. The van der Waals surface area contributed by atoms with Crippen LogP contribution in [0.25, 0.3) is 0 Å². The van der Waals surface area contributed by atoms with Gasteiger partial charge in [-0.25, -0.2) is 0 Å². The van der Waals surface area contributed by atoms with E-state index in [1.165, 1.54) is 18.2 Å². The molecule has 0 bridgehead atoms. The fourth-order valence-electron chi connectivity index (χ4n) is 2.38. The van der Waals surface area contributed by atoms with Gasteiger partial charge in [0.2, 0.25) is 0 Å². The molecule has 0 aliphatic rings. The first-order valence-corrected chi connectivity index (χ1v) is 7.82. The SMILES string of the molecule is CCOc1ccc(C(=O)NCc2ccccc2COC)cc1[N+](=O)[O-]. The van der Waals surface area contributed by atoms with Gasteiger partial charge in [0.25, 0.3) is 5.91 Å². The number of benzene rings is 2. The van der Waals surface area contributed by atoms with E-state index in [-0.39, 0.29) is 17.0 Å². The normalized spacial score (nSPS) is 10.3. The van der Waals surface area contributed by atoms with E-state index >= 15 is 0 Å². The van der Waals surface area contributed by atoms with Crippen molar-refractivity contribution in [1.82, 2.24) is 5.32 Å². The lowest BCUT2D eigenvalue weighted by Gasteiger charge is -2.11. The fraction of sp³-hybridized carbons (Fsp3) is 0.278. The van der Waals surface area contributed by atoms with Crippen molar-refractivity contribution in [2.24, 2.45) is 0 Å². The first-order chi connectivity index (χ1) is 12.1. The minimum Gasteiger partial charge on any atom is -0.487 e. The lowest BCUT2D eigenvalue weighted by molar-refractivity contribution is -0.385. The minimum atomic E-state index is -0.560. The zero-order valence-corrected chi connectivity index (χ0v) is 14.2. The molecule has 2 aromatic rings. The van der Waals surface area contributed by atoms with Gasteiger partial charge in [0, 0.05) is 25.3 Å². The summed E-state index contributed by atoms with van der Waals surface area (Å²) in [6.07, 6.45) is 0. The van der Waals surface area contributed by atoms with Crippen LogP contribution in [0.1, 0.15) is 28.4 Å². The van der Waals surface area contributed by atoms with E-state index in [1.54, 1.807) is 14.0 Å². The maximum atomic E-state index is 12.3. The van der Waals surface area contributed by atoms with Crippen molar-refractivity contribution in [1.29, 1.82) is 0 Å². The van der Waals surface area contributed by atoms with Crippen LogP contribution in [0.5, 0.6) is 5.75 Å². The second kappa shape index (κ2) is 8.79. The van der Waals surface area contributed by atoms with Crippen LogP contribution in [0, 0.1) is 10.1 Å². The minimum absolute atomic E-state index is 0.148. The van der Waals surface area contributed by atoms with Crippen molar-refractivity contribution in [3.8, 4) is 5.75 Å². The maximum absolute atomic E-state index is 12.3. The molecule has 0 fully saturated rings. The van der Waals surface area contributed by atoms with Gasteiger partial charge in [-0.2, -0.15) is 0 Å². The first-order valence-electron chi connectivity index (χ1n) is 7.82. The molecule has 0 saturated carbocycles. The number of rotatable bonds is 8. The first kappa shape index (κ1) is 18.4. The van der Waals surface area contributed by atoms with Gasteiger partial charge in [-0.1, -0.05) is 24.3 Å². The third-order valence-corrected chi connectivity index (χ3v) is 3.58. The van der Waals surface area contributed by atoms with Gasteiger partial charge in [0.15, 0.2) is 5.75 Å². The quantitative estimate of drug-likeness (QED) is 0.587. The molecule has 1 N–H and O–H groups in total. The number of nitrogens with zero attached hydrogens (tertiary/aromatic N) is 1. The number of carbonyl (C=O) groups excluding carboxylic acids is 1. The van der Waals surface area contributed by atoms with Crippen molar-refractivity contribution in [3.05, 3.63) is 69.3 Å². The average molecular weight is 344 g/mol. The number of amides is 1. The number of nitro benzene ring substituents is 1. The van der Waals surface area contributed by atoms with Crippen LogP contribution in [0.15, 0.2) is 42.5 Å². The van der Waals surface area contributed by atoms with Crippen molar-refractivity contribution < 1.29 is 19.2 Å². The molecular formula is C18H20N2O5. The molecule has 0 atom stereocenters. The van der Waals surface area contributed by atoms with Crippen LogP contribution in [0.3, 0.4) is 0 Å². The second-order valence-corrected chi connectivity index (χ2v) is 5.26. The summed E-state index contributed by atoms with van der Waals surface area (Å²) in [6.45, 7) is 2.80. The summed E-state index contributed by atoms with van der Waals surface area (Å²) < 4.78 is 10.4. The topological polar surface area (TPSA) is 90.7 Å². The lowest BCUT2D eigenvalue weighted by atomic mass is 10.1. The van der Waals surface area contributed by atoms with Crippen LogP contribution in [0.2, 0.25) is 0 Å². The van der Waals surface area contributed by atoms with E-state index in [4.69, 9.17) is 9.47 Å². The lowest BCUT2D eigenvalue weighted by Crippen LogP contribution is -2.23. The number of hydrogen-bond acceptors (Lipinski definition) is 5. The van der Waals surface area contributed by atoms with Crippen LogP contribution in [-0.4, -0.2) is 24.5 Å². The Morgan fingerprint density at radius 2 is 1.92 bits per heavy atom. The summed E-state index contributed by atoms with van der Waals surface area (Å²) in [5, 5.41) is 13.9. The number of methoxy groups -OCH3 is 1. The molecule has 0 heterocycles. The van der Waals surface area contributed by atoms with Crippen molar-refractivity contribution >= 4 is 11.6 Å². The number of ether oxygens (including phenoxy) is 2. The predicted molar refractivity (Wildman–Crippen MR) is 92.6 cm³/mol. The monoisotopic (exact) mass is 344 g/mol. The Balaban J connectivity index is 2.13. The summed E-state index contributed by atoms with van der Waals surface area (Å²) in [5.74, 6) is -0.243. The van der Waals surface area contributed by atoms with Gasteiger partial charge in [-0.15, -0.1) is 0 Å². The number of hydrogen-bond donors (Lipinski definition) is 1. The summed E-state index contributed by atoms with van der Waals surface area (Å²) in [6, 6.07) is 11.8. The summed E-state index contributed by atoms with van der Waals surface area (Å²) in [7, 11) is 1.61. The van der Waals surface area contributed by atoms with E-state index in [9.17, 15) is 14.9 Å². The molecule has 0 radical (unpaired) electrons. The smallest absolute Gasteiger partial charge is 0.311 e. The third kappa shape index (κ3) is 4.77. The van der Waals surface area contributed by atoms with Gasteiger partial charge >= 0.3 is 5.69 Å². The van der Waals surface area contributed by atoms with E-state index in [0.29, 0.717) is 19.8 Å². The molecule has 7 nitrogen and oxygen atoms in total. The maximum Gasteiger partial charge on any atom is 0.311 e. The highest BCUT2D eigenvalue weighted by Crippen LogP contribution is 2.28. The molecule has 0 aliphatic heterocycles. The summed E-state index contributed by atoms with van der Waals surface area (Å²) in [5.41, 5.74) is 1.88. The molecule has 2 rings (SSSR count). The standard InChI is InChI=1S/C18H20N2O5/c1-3-25-17-9-8-13(10-16(17)20(22)23)18(21)19-11-14-6-4-5-7-15(14)12-24-2/h4-10H,3,11-12H2,1-2H3,(H,19,21). The molecular weight excluding hydrogens is 324 g/mol. The molecule has 2 aromatic carbocycles. The van der Waals surface area contributed by atoms with Gasteiger partial charge in [-0.05, 0) is 30.2 Å². The molecule has 0 saturated heterocycles. The summed E-state index contributed by atoms with van der Waals surface area (Å²) >= 11 is 0. The van der Waals surface area contributed by atoms with Gasteiger partial charge in [0.1, 0.15) is 0 Å². The number of nitrogens with one attached hydrogen (secondary N) is 1. The Bertz CT molecular complexity index is 761. The zero-order chi connectivity index (χ0) is 18.2. The molecule has 7 heteroatoms. The van der Waals surface area contributed by atoms with Crippen molar-refractivity contribution in [3.63, 3.8) is 0 Å². The molecule has 25 heavy (non-hydrogen) atoms.